The molecule has 2 heterocycles. The topological polar surface area (TPSA) is 77.2 Å². The van der Waals surface area contributed by atoms with Crippen LogP contribution in [-0.2, 0) is 17.1 Å². The van der Waals surface area contributed by atoms with Crippen molar-refractivity contribution >= 4 is 21.6 Å². The molecule has 26 heavy (non-hydrogen) atoms. The molecule has 0 radical (unpaired) electrons. The first-order chi connectivity index (χ1) is 12.4. The Balaban J connectivity index is 1.52. The first-order valence-electron chi connectivity index (χ1n) is 8.79. The molecule has 0 bridgehead atoms. The number of hydrogen-bond donors (Lipinski definition) is 0. The summed E-state index contributed by atoms with van der Waals surface area (Å²) >= 11 is 5.85. The van der Waals surface area contributed by atoms with Crippen molar-refractivity contribution in [2.45, 2.75) is 42.5 Å². The molecule has 1 aromatic carbocycles. The van der Waals surface area contributed by atoms with Crippen LogP contribution in [0.4, 0.5) is 0 Å². The second-order valence-corrected chi connectivity index (χ2v) is 9.37. The van der Waals surface area contributed by atoms with Gasteiger partial charge in [-0.05, 0) is 49.9 Å². The van der Waals surface area contributed by atoms with Crippen LogP contribution < -0.4 is 5.69 Å². The van der Waals surface area contributed by atoms with E-state index in [9.17, 15) is 13.2 Å². The molecule has 2 aromatic rings. The summed E-state index contributed by atoms with van der Waals surface area (Å²) in [4.78, 5) is 12.6. The Morgan fingerprint density at radius 2 is 1.69 bits per heavy atom. The van der Waals surface area contributed by atoms with Crippen LogP contribution in [0.3, 0.4) is 0 Å². The van der Waals surface area contributed by atoms with Gasteiger partial charge in [0.05, 0.1) is 4.90 Å². The third-order valence-corrected chi connectivity index (χ3v) is 7.33. The van der Waals surface area contributed by atoms with Crippen LogP contribution in [0.25, 0.3) is 0 Å². The molecule has 2 aliphatic rings. The summed E-state index contributed by atoms with van der Waals surface area (Å²) in [6.07, 6.45) is 3.36. The van der Waals surface area contributed by atoms with Crippen LogP contribution in [0, 0.1) is 0 Å². The summed E-state index contributed by atoms with van der Waals surface area (Å²) in [5.41, 5.74) is -0.0706. The summed E-state index contributed by atoms with van der Waals surface area (Å²) in [6, 6.07) is 6.51. The molecule has 2 fully saturated rings. The predicted molar refractivity (Wildman–Crippen MR) is 97.9 cm³/mol. The first kappa shape index (κ1) is 17.8. The number of aromatic nitrogens is 3. The molecule has 1 saturated heterocycles. The standard InChI is InChI=1S/C17H21ClN4O3S/c1-20-17(23)22(14-4-5-14)16(19-20)12-8-10-21(11-9-12)26(24,25)15-6-2-13(18)3-7-15/h2-3,6-7,12,14H,4-5,8-11H2,1H3. The molecule has 7 nitrogen and oxygen atoms in total. The maximum atomic E-state index is 12.8. The van der Waals surface area contributed by atoms with E-state index in [1.807, 2.05) is 4.57 Å². The maximum Gasteiger partial charge on any atom is 0.345 e. The third kappa shape index (κ3) is 3.10. The number of rotatable bonds is 4. The Bertz CT molecular complexity index is 968. The highest BCUT2D eigenvalue weighted by Crippen LogP contribution is 2.38. The zero-order valence-corrected chi connectivity index (χ0v) is 16.1. The molecule has 4 rings (SSSR count). The minimum absolute atomic E-state index is 0.0706. The molecular weight excluding hydrogens is 376 g/mol. The van der Waals surface area contributed by atoms with Crippen molar-refractivity contribution in [2.24, 2.45) is 7.05 Å². The maximum absolute atomic E-state index is 12.8. The second-order valence-electron chi connectivity index (χ2n) is 7.00. The highest BCUT2D eigenvalue weighted by Gasteiger charge is 2.35. The van der Waals surface area contributed by atoms with Crippen LogP contribution in [0.5, 0.6) is 0 Å². The van der Waals surface area contributed by atoms with Crippen molar-refractivity contribution in [3.05, 3.63) is 45.6 Å². The van der Waals surface area contributed by atoms with Gasteiger partial charge in [-0.3, -0.25) is 4.57 Å². The molecule has 0 N–H and O–H groups in total. The Hall–Kier alpha value is -1.64. The number of benzene rings is 1. The third-order valence-electron chi connectivity index (χ3n) is 5.16. The quantitative estimate of drug-likeness (QED) is 0.793. The van der Waals surface area contributed by atoms with Gasteiger partial charge in [0, 0.05) is 37.1 Å². The SMILES string of the molecule is Cn1nc(C2CCN(S(=O)(=O)c3ccc(Cl)cc3)CC2)n(C2CC2)c1=O. The van der Waals surface area contributed by atoms with Gasteiger partial charge in [0.2, 0.25) is 10.0 Å². The van der Waals surface area contributed by atoms with Crippen LogP contribution in [0.2, 0.25) is 5.02 Å². The van der Waals surface area contributed by atoms with Crippen molar-refractivity contribution in [2.75, 3.05) is 13.1 Å². The Kier molecular flexibility index (Phi) is 4.45. The Morgan fingerprint density at radius 1 is 1.08 bits per heavy atom. The normalized spacial score (nSPS) is 19.8. The molecule has 0 spiro atoms. The highest BCUT2D eigenvalue weighted by atomic mass is 35.5. The zero-order chi connectivity index (χ0) is 18.5. The Labute approximate surface area is 157 Å². The van der Waals surface area contributed by atoms with E-state index < -0.39 is 10.0 Å². The molecule has 1 saturated carbocycles. The fourth-order valence-electron chi connectivity index (χ4n) is 3.56. The van der Waals surface area contributed by atoms with Crippen LogP contribution in [0.15, 0.2) is 34.0 Å². The van der Waals surface area contributed by atoms with E-state index in [1.54, 1.807) is 19.2 Å². The lowest BCUT2D eigenvalue weighted by Gasteiger charge is -2.30. The van der Waals surface area contributed by atoms with E-state index in [4.69, 9.17) is 11.6 Å². The number of aryl methyl sites for hydroxylation is 1. The van der Waals surface area contributed by atoms with Gasteiger partial charge < -0.3 is 0 Å². The molecule has 0 atom stereocenters. The predicted octanol–water partition coefficient (Wildman–Crippen LogP) is 2.14. The lowest BCUT2D eigenvalue weighted by Crippen LogP contribution is -2.38. The molecule has 1 aliphatic carbocycles. The van der Waals surface area contributed by atoms with Gasteiger partial charge >= 0.3 is 5.69 Å². The number of hydrogen-bond acceptors (Lipinski definition) is 4. The Morgan fingerprint density at radius 3 is 2.27 bits per heavy atom. The fraction of sp³-hybridized carbons (Fsp3) is 0.529. The lowest BCUT2D eigenvalue weighted by molar-refractivity contribution is 0.308. The first-order valence-corrected chi connectivity index (χ1v) is 10.6. The van der Waals surface area contributed by atoms with Crippen molar-refractivity contribution in [1.29, 1.82) is 0 Å². The summed E-state index contributed by atoms with van der Waals surface area (Å²) in [5, 5.41) is 4.94. The fourth-order valence-corrected chi connectivity index (χ4v) is 5.16. The average Bonchev–Trinajstić information content (AvgIpc) is 3.42. The van der Waals surface area contributed by atoms with Gasteiger partial charge in [0.1, 0.15) is 5.82 Å². The van der Waals surface area contributed by atoms with Crippen molar-refractivity contribution in [3.63, 3.8) is 0 Å². The number of sulfonamides is 1. The van der Waals surface area contributed by atoms with E-state index in [-0.39, 0.29) is 22.5 Å². The van der Waals surface area contributed by atoms with Crippen molar-refractivity contribution in [3.8, 4) is 0 Å². The van der Waals surface area contributed by atoms with E-state index in [1.165, 1.54) is 21.1 Å². The zero-order valence-electron chi connectivity index (χ0n) is 14.5. The average molecular weight is 397 g/mol. The number of nitrogens with zero attached hydrogens (tertiary/aromatic N) is 4. The van der Waals surface area contributed by atoms with Gasteiger partial charge in [-0.2, -0.15) is 9.40 Å². The van der Waals surface area contributed by atoms with Gasteiger partial charge in [0.25, 0.3) is 0 Å². The van der Waals surface area contributed by atoms with E-state index in [0.717, 1.165) is 18.7 Å². The minimum atomic E-state index is -3.52. The van der Waals surface area contributed by atoms with E-state index in [0.29, 0.717) is 31.0 Å². The highest BCUT2D eigenvalue weighted by molar-refractivity contribution is 7.89. The lowest BCUT2D eigenvalue weighted by atomic mass is 9.97. The van der Waals surface area contributed by atoms with Gasteiger partial charge in [-0.25, -0.2) is 17.9 Å². The summed E-state index contributed by atoms with van der Waals surface area (Å²) in [6.45, 7) is 0.843. The molecule has 140 valence electrons. The monoisotopic (exact) mass is 396 g/mol. The second kappa shape index (κ2) is 6.51. The van der Waals surface area contributed by atoms with Gasteiger partial charge in [-0.15, -0.1) is 0 Å². The molecule has 1 aromatic heterocycles. The smallest absolute Gasteiger partial charge is 0.276 e. The van der Waals surface area contributed by atoms with Crippen LogP contribution in [-0.4, -0.2) is 40.2 Å². The summed E-state index contributed by atoms with van der Waals surface area (Å²) in [5.74, 6) is 0.921. The van der Waals surface area contributed by atoms with Crippen molar-refractivity contribution in [1.82, 2.24) is 18.7 Å². The molecule has 1 aliphatic heterocycles. The van der Waals surface area contributed by atoms with Crippen LogP contribution in [0.1, 0.15) is 43.5 Å². The molecule has 0 amide bonds. The summed E-state index contributed by atoms with van der Waals surface area (Å²) < 4.78 is 30.3. The minimum Gasteiger partial charge on any atom is -0.276 e. The van der Waals surface area contributed by atoms with Crippen molar-refractivity contribution < 1.29 is 8.42 Å². The molecule has 0 unspecified atom stereocenters. The molecule has 9 heteroatoms. The largest absolute Gasteiger partial charge is 0.345 e. The number of halogens is 1. The van der Waals surface area contributed by atoms with Crippen LogP contribution >= 0.6 is 11.6 Å². The number of piperidine rings is 1. The summed E-state index contributed by atoms with van der Waals surface area (Å²) in [7, 11) is -1.85. The van der Waals surface area contributed by atoms with Gasteiger partial charge in [0.15, 0.2) is 0 Å². The van der Waals surface area contributed by atoms with E-state index in [2.05, 4.69) is 5.10 Å². The van der Waals surface area contributed by atoms with E-state index >= 15 is 0 Å². The van der Waals surface area contributed by atoms with Gasteiger partial charge in [-0.1, -0.05) is 11.6 Å². The molecular formula is C17H21ClN4O3S.